The van der Waals surface area contributed by atoms with E-state index < -0.39 is 0 Å². The van der Waals surface area contributed by atoms with Crippen molar-refractivity contribution in [3.8, 4) is 0 Å². The molecule has 0 saturated heterocycles. The van der Waals surface area contributed by atoms with E-state index in [1.807, 2.05) is 10.9 Å². The molecule has 0 aliphatic carbocycles. The predicted octanol–water partition coefficient (Wildman–Crippen LogP) is 2.29. The molecule has 92 valence electrons. The van der Waals surface area contributed by atoms with E-state index in [2.05, 4.69) is 44.9 Å². The quantitative estimate of drug-likeness (QED) is 0.745. The molecule has 4 heteroatoms. The Bertz CT molecular complexity index is 318. The molecule has 4 nitrogen and oxygen atoms in total. The van der Waals surface area contributed by atoms with Gasteiger partial charge in [0.2, 0.25) is 0 Å². The average Bonchev–Trinajstić information content (AvgIpc) is 2.62. The van der Waals surface area contributed by atoms with Gasteiger partial charge in [-0.1, -0.05) is 26.0 Å². The summed E-state index contributed by atoms with van der Waals surface area (Å²) in [5.41, 5.74) is 1.13. The molecule has 0 aliphatic rings. The molecule has 0 radical (unpaired) electrons. The van der Waals surface area contributed by atoms with Crippen LogP contribution < -0.4 is 0 Å². The average molecular weight is 225 g/mol. The van der Waals surface area contributed by atoms with E-state index in [1.54, 1.807) is 0 Å². The lowest BCUT2D eigenvalue weighted by Gasteiger charge is -2.25. The molecule has 0 aliphatic heterocycles. The van der Waals surface area contributed by atoms with Crippen molar-refractivity contribution in [2.24, 2.45) is 5.41 Å². The minimum atomic E-state index is 0.0863. The lowest BCUT2D eigenvalue weighted by Crippen LogP contribution is -2.27. The lowest BCUT2D eigenvalue weighted by atomic mass is 9.95. The van der Waals surface area contributed by atoms with Crippen molar-refractivity contribution in [1.29, 1.82) is 0 Å². The van der Waals surface area contributed by atoms with Crippen LogP contribution in [-0.4, -0.2) is 27.7 Å². The molecular weight excluding hydrogens is 202 g/mol. The van der Waals surface area contributed by atoms with Gasteiger partial charge in [0, 0.05) is 18.2 Å². The van der Waals surface area contributed by atoms with Crippen LogP contribution in [-0.2, 0) is 17.7 Å². The SMILES string of the molecule is CCc1cn(CC(C)(C)COC(C)C)nn1. The highest BCUT2D eigenvalue weighted by Crippen LogP contribution is 2.18. The predicted molar refractivity (Wildman–Crippen MR) is 64.3 cm³/mol. The molecule has 1 aromatic rings. The zero-order chi connectivity index (χ0) is 12.2. The first-order valence-electron chi connectivity index (χ1n) is 5.93. The fraction of sp³-hybridized carbons (Fsp3) is 0.833. The zero-order valence-corrected chi connectivity index (χ0v) is 11.0. The van der Waals surface area contributed by atoms with Gasteiger partial charge in [-0.25, -0.2) is 0 Å². The Morgan fingerprint density at radius 2 is 2.12 bits per heavy atom. The van der Waals surface area contributed by atoms with E-state index in [4.69, 9.17) is 4.74 Å². The van der Waals surface area contributed by atoms with Crippen LogP contribution >= 0.6 is 0 Å². The number of ether oxygens (including phenoxy) is 1. The summed E-state index contributed by atoms with van der Waals surface area (Å²) >= 11 is 0. The molecule has 1 heterocycles. The number of hydrogen-bond donors (Lipinski definition) is 0. The third-order valence-corrected chi connectivity index (χ3v) is 2.35. The van der Waals surface area contributed by atoms with Crippen LogP contribution in [0.1, 0.15) is 40.3 Å². The van der Waals surface area contributed by atoms with E-state index in [0.717, 1.165) is 25.3 Å². The van der Waals surface area contributed by atoms with Crippen LogP contribution in [0.5, 0.6) is 0 Å². The number of nitrogens with zero attached hydrogens (tertiary/aromatic N) is 3. The van der Waals surface area contributed by atoms with Crippen molar-refractivity contribution in [1.82, 2.24) is 15.0 Å². The molecule has 0 bridgehead atoms. The fourth-order valence-corrected chi connectivity index (χ4v) is 1.45. The summed E-state index contributed by atoms with van der Waals surface area (Å²) in [5.74, 6) is 0. The highest BCUT2D eigenvalue weighted by molar-refractivity contribution is 4.91. The zero-order valence-electron chi connectivity index (χ0n) is 11.0. The van der Waals surface area contributed by atoms with Crippen LogP contribution in [0.15, 0.2) is 6.20 Å². The van der Waals surface area contributed by atoms with E-state index in [0.29, 0.717) is 0 Å². The van der Waals surface area contributed by atoms with E-state index in [1.165, 1.54) is 0 Å². The standard InChI is InChI=1S/C12H23N3O/c1-6-11-7-15(14-13-11)8-12(4,5)9-16-10(2)3/h7,10H,6,8-9H2,1-5H3. The van der Waals surface area contributed by atoms with Gasteiger partial charge in [0.05, 0.1) is 18.4 Å². The maximum atomic E-state index is 5.65. The van der Waals surface area contributed by atoms with Gasteiger partial charge in [-0.05, 0) is 20.3 Å². The van der Waals surface area contributed by atoms with Gasteiger partial charge in [0.1, 0.15) is 0 Å². The summed E-state index contributed by atoms with van der Waals surface area (Å²) in [5, 5.41) is 8.20. The molecule has 0 atom stereocenters. The van der Waals surface area contributed by atoms with E-state index in [9.17, 15) is 0 Å². The Labute approximate surface area is 98.0 Å². The number of rotatable bonds is 6. The lowest BCUT2D eigenvalue weighted by molar-refractivity contribution is 0.0132. The molecule has 0 spiro atoms. The Kier molecular flexibility index (Phi) is 4.47. The molecule has 0 fully saturated rings. The van der Waals surface area contributed by atoms with E-state index in [-0.39, 0.29) is 11.5 Å². The molecular formula is C12H23N3O. The molecule has 0 amide bonds. The minimum absolute atomic E-state index is 0.0863. The Balaban J connectivity index is 2.50. The van der Waals surface area contributed by atoms with Crippen LogP contribution in [0.4, 0.5) is 0 Å². The first-order chi connectivity index (χ1) is 7.43. The molecule has 0 N–H and O–H groups in total. The van der Waals surface area contributed by atoms with Gasteiger partial charge in [-0.2, -0.15) is 0 Å². The van der Waals surface area contributed by atoms with Crippen LogP contribution in [0.25, 0.3) is 0 Å². The second kappa shape index (κ2) is 5.43. The number of aromatic nitrogens is 3. The maximum absolute atomic E-state index is 5.65. The summed E-state index contributed by atoms with van der Waals surface area (Å²) in [6.07, 6.45) is 3.22. The third kappa shape index (κ3) is 4.31. The molecule has 16 heavy (non-hydrogen) atoms. The monoisotopic (exact) mass is 225 g/mol. The molecule has 0 saturated carbocycles. The van der Waals surface area contributed by atoms with Crippen molar-refractivity contribution < 1.29 is 4.74 Å². The fourth-order valence-electron chi connectivity index (χ4n) is 1.45. The van der Waals surface area contributed by atoms with Crippen molar-refractivity contribution in [2.45, 2.75) is 53.7 Å². The summed E-state index contributed by atoms with van der Waals surface area (Å²) < 4.78 is 7.56. The summed E-state index contributed by atoms with van der Waals surface area (Å²) in [7, 11) is 0. The van der Waals surface area contributed by atoms with Crippen molar-refractivity contribution in [3.63, 3.8) is 0 Å². The summed E-state index contributed by atoms with van der Waals surface area (Å²) in [6, 6.07) is 0. The molecule has 0 unspecified atom stereocenters. The van der Waals surface area contributed by atoms with Crippen molar-refractivity contribution in [3.05, 3.63) is 11.9 Å². The van der Waals surface area contributed by atoms with Crippen LogP contribution in [0, 0.1) is 5.41 Å². The van der Waals surface area contributed by atoms with Gasteiger partial charge >= 0.3 is 0 Å². The van der Waals surface area contributed by atoms with Gasteiger partial charge in [-0.3, -0.25) is 4.68 Å². The van der Waals surface area contributed by atoms with Crippen molar-refractivity contribution >= 4 is 0 Å². The number of hydrogen-bond acceptors (Lipinski definition) is 3. The second-order valence-corrected chi connectivity index (χ2v) is 5.28. The normalized spacial score (nSPS) is 12.4. The van der Waals surface area contributed by atoms with Gasteiger partial charge in [0.15, 0.2) is 0 Å². The molecule has 1 aromatic heterocycles. The Morgan fingerprint density at radius 1 is 1.44 bits per heavy atom. The van der Waals surface area contributed by atoms with Gasteiger partial charge in [0.25, 0.3) is 0 Å². The Morgan fingerprint density at radius 3 is 2.62 bits per heavy atom. The van der Waals surface area contributed by atoms with E-state index >= 15 is 0 Å². The summed E-state index contributed by atoms with van der Waals surface area (Å²) in [4.78, 5) is 0. The first kappa shape index (κ1) is 13.2. The first-order valence-corrected chi connectivity index (χ1v) is 5.93. The van der Waals surface area contributed by atoms with Gasteiger partial charge in [-0.15, -0.1) is 5.10 Å². The maximum Gasteiger partial charge on any atom is 0.0824 e. The Hall–Kier alpha value is -0.900. The molecule has 1 rings (SSSR count). The third-order valence-electron chi connectivity index (χ3n) is 2.35. The van der Waals surface area contributed by atoms with Gasteiger partial charge < -0.3 is 4.74 Å². The smallest absolute Gasteiger partial charge is 0.0824 e. The van der Waals surface area contributed by atoms with Crippen LogP contribution in [0.2, 0.25) is 0 Å². The largest absolute Gasteiger partial charge is 0.378 e. The summed E-state index contributed by atoms with van der Waals surface area (Å²) in [6.45, 7) is 12.1. The highest BCUT2D eigenvalue weighted by Gasteiger charge is 2.20. The topological polar surface area (TPSA) is 39.9 Å². The van der Waals surface area contributed by atoms with Crippen LogP contribution in [0.3, 0.4) is 0 Å². The van der Waals surface area contributed by atoms with Crippen molar-refractivity contribution in [2.75, 3.05) is 6.61 Å². The number of aryl methyl sites for hydroxylation is 1. The highest BCUT2D eigenvalue weighted by atomic mass is 16.5. The minimum Gasteiger partial charge on any atom is -0.378 e. The second-order valence-electron chi connectivity index (χ2n) is 5.28. The molecule has 0 aromatic carbocycles.